The highest BCUT2D eigenvalue weighted by molar-refractivity contribution is 7.80. The summed E-state index contributed by atoms with van der Waals surface area (Å²) >= 11 is 11.8. The highest BCUT2D eigenvalue weighted by Crippen LogP contribution is 2.43. The van der Waals surface area contributed by atoms with Crippen LogP contribution in [0.5, 0.6) is 0 Å². The van der Waals surface area contributed by atoms with Crippen molar-refractivity contribution >= 4 is 40.6 Å². The molecule has 2 aromatic heterocycles. The monoisotopic (exact) mass is 475 g/mol. The van der Waals surface area contributed by atoms with Crippen LogP contribution in [0.1, 0.15) is 33.9 Å². The highest BCUT2D eigenvalue weighted by Gasteiger charge is 2.42. The molecule has 0 radical (unpaired) electrons. The summed E-state index contributed by atoms with van der Waals surface area (Å²) in [6.45, 7) is 0. The van der Waals surface area contributed by atoms with Crippen molar-refractivity contribution in [2.45, 2.75) is 12.1 Å². The molecule has 0 bridgehead atoms. The molecular weight excluding hydrogens is 458 g/mol. The number of carboxylic acid groups (broad SMARTS) is 1. The van der Waals surface area contributed by atoms with Gasteiger partial charge < -0.3 is 19.7 Å². The van der Waals surface area contributed by atoms with Gasteiger partial charge in [-0.25, -0.2) is 4.79 Å². The third-order valence-electron chi connectivity index (χ3n) is 5.52. The van der Waals surface area contributed by atoms with Gasteiger partial charge in [-0.15, -0.1) is 0 Å². The standard InChI is InChI=1S/C25H18ClN3O3S/c26-17-7-9-18(10-8-17)29-23(22(28-25(29)33)19-6-1-2-13-27-19)21-12-11-20(32-21)15-4-3-5-16(14-15)24(30)31/h1-14,22-23H,(H,28,33)(H,30,31)/t22-,23+/m1/s1. The van der Waals surface area contributed by atoms with Gasteiger partial charge in [0.2, 0.25) is 0 Å². The first-order valence-corrected chi connectivity index (χ1v) is 11.0. The zero-order chi connectivity index (χ0) is 22.9. The number of furan rings is 1. The zero-order valence-corrected chi connectivity index (χ0v) is 18.8. The fourth-order valence-electron chi connectivity index (χ4n) is 4.00. The number of halogens is 1. The van der Waals surface area contributed by atoms with E-state index in [0.29, 0.717) is 27.2 Å². The molecule has 2 aromatic carbocycles. The molecule has 8 heteroatoms. The summed E-state index contributed by atoms with van der Waals surface area (Å²) in [4.78, 5) is 17.9. The van der Waals surface area contributed by atoms with Crippen molar-refractivity contribution in [1.29, 1.82) is 0 Å². The van der Waals surface area contributed by atoms with E-state index in [1.807, 2.05) is 65.6 Å². The molecule has 0 unspecified atom stereocenters. The number of carbonyl (C=O) groups is 1. The Labute approximate surface area is 200 Å². The molecule has 2 atom stereocenters. The molecule has 1 saturated heterocycles. The van der Waals surface area contributed by atoms with Crippen LogP contribution in [0.25, 0.3) is 11.3 Å². The largest absolute Gasteiger partial charge is 0.478 e. The second-order valence-electron chi connectivity index (χ2n) is 7.56. The predicted molar refractivity (Wildman–Crippen MR) is 130 cm³/mol. The average Bonchev–Trinajstić information content (AvgIpc) is 3.45. The molecule has 1 fully saturated rings. The second-order valence-corrected chi connectivity index (χ2v) is 8.38. The lowest BCUT2D eigenvalue weighted by Crippen LogP contribution is -2.29. The van der Waals surface area contributed by atoms with Gasteiger partial charge >= 0.3 is 5.97 Å². The van der Waals surface area contributed by atoms with Crippen LogP contribution in [0.3, 0.4) is 0 Å². The van der Waals surface area contributed by atoms with Crippen molar-refractivity contribution in [2.75, 3.05) is 4.90 Å². The van der Waals surface area contributed by atoms with Gasteiger partial charge in [0.25, 0.3) is 0 Å². The van der Waals surface area contributed by atoms with Crippen molar-refractivity contribution in [3.8, 4) is 11.3 Å². The number of benzene rings is 2. The Bertz CT molecular complexity index is 1320. The van der Waals surface area contributed by atoms with Crippen LogP contribution in [0.15, 0.2) is 89.5 Å². The summed E-state index contributed by atoms with van der Waals surface area (Å²) in [5, 5.41) is 13.9. The first-order valence-electron chi connectivity index (χ1n) is 10.2. The van der Waals surface area contributed by atoms with Crippen molar-refractivity contribution in [3.63, 3.8) is 0 Å². The first-order chi connectivity index (χ1) is 16.0. The van der Waals surface area contributed by atoms with Crippen molar-refractivity contribution in [3.05, 3.63) is 107 Å². The molecule has 0 saturated carbocycles. The van der Waals surface area contributed by atoms with E-state index < -0.39 is 5.97 Å². The van der Waals surface area contributed by atoms with Crippen LogP contribution in [-0.4, -0.2) is 21.2 Å². The molecule has 33 heavy (non-hydrogen) atoms. The van der Waals surface area contributed by atoms with Crippen molar-refractivity contribution in [1.82, 2.24) is 10.3 Å². The Morgan fingerprint density at radius 2 is 1.88 bits per heavy atom. The fourth-order valence-corrected chi connectivity index (χ4v) is 4.47. The van der Waals surface area contributed by atoms with E-state index in [0.717, 1.165) is 11.4 Å². The molecule has 6 nitrogen and oxygen atoms in total. The van der Waals surface area contributed by atoms with Gasteiger partial charge in [-0.05, 0) is 72.9 Å². The van der Waals surface area contributed by atoms with Crippen molar-refractivity contribution < 1.29 is 14.3 Å². The smallest absolute Gasteiger partial charge is 0.335 e. The number of nitrogens with zero attached hydrogens (tertiary/aromatic N) is 2. The van der Waals surface area contributed by atoms with Crippen LogP contribution >= 0.6 is 23.8 Å². The van der Waals surface area contributed by atoms with Crippen LogP contribution < -0.4 is 10.2 Å². The van der Waals surface area contributed by atoms with Gasteiger partial charge in [-0.3, -0.25) is 4.98 Å². The Morgan fingerprint density at radius 3 is 2.61 bits per heavy atom. The molecule has 0 amide bonds. The minimum atomic E-state index is -0.988. The Morgan fingerprint density at radius 1 is 1.06 bits per heavy atom. The van der Waals surface area contributed by atoms with Gasteiger partial charge in [0, 0.05) is 22.5 Å². The number of anilines is 1. The molecule has 164 valence electrons. The predicted octanol–water partition coefficient (Wildman–Crippen LogP) is 5.87. The topological polar surface area (TPSA) is 78.6 Å². The van der Waals surface area contributed by atoms with Gasteiger partial charge in [0.1, 0.15) is 17.6 Å². The van der Waals surface area contributed by atoms with Gasteiger partial charge in [0.05, 0.1) is 17.3 Å². The summed E-state index contributed by atoms with van der Waals surface area (Å²) in [6.07, 6.45) is 1.74. The van der Waals surface area contributed by atoms with E-state index in [1.54, 1.807) is 24.4 Å². The number of nitrogens with one attached hydrogen (secondary N) is 1. The Balaban J connectivity index is 1.58. The number of hydrogen-bond donors (Lipinski definition) is 2. The second kappa shape index (κ2) is 8.69. The quantitative estimate of drug-likeness (QED) is 0.349. The summed E-state index contributed by atoms with van der Waals surface area (Å²) in [5.74, 6) is 0.253. The summed E-state index contributed by atoms with van der Waals surface area (Å²) in [6, 6.07) is 23.0. The number of pyridine rings is 1. The van der Waals surface area contributed by atoms with E-state index in [4.69, 9.17) is 28.2 Å². The fraction of sp³-hybridized carbons (Fsp3) is 0.0800. The minimum absolute atomic E-state index is 0.198. The normalized spacial score (nSPS) is 17.7. The zero-order valence-electron chi connectivity index (χ0n) is 17.2. The third-order valence-corrected chi connectivity index (χ3v) is 6.08. The number of rotatable bonds is 5. The van der Waals surface area contributed by atoms with Gasteiger partial charge in [-0.1, -0.05) is 29.8 Å². The highest BCUT2D eigenvalue weighted by atomic mass is 35.5. The lowest BCUT2D eigenvalue weighted by Gasteiger charge is -2.26. The Kier molecular flexibility index (Phi) is 5.58. The summed E-state index contributed by atoms with van der Waals surface area (Å²) in [5.41, 5.74) is 2.57. The first kappa shape index (κ1) is 21.2. The number of aromatic nitrogens is 1. The third kappa shape index (κ3) is 4.08. The number of carboxylic acids is 1. The van der Waals surface area contributed by atoms with Crippen LogP contribution in [0.2, 0.25) is 5.02 Å². The van der Waals surface area contributed by atoms with E-state index in [2.05, 4.69) is 10.3 Å². The molecular formula is C25H18ClN3O3S. The average molecular weight is 476 g/mol. The maximum Gasteiger partial charge on any atom is 0.335 e. The number of hydrogen-bond acceptors (Lipinski definition) is 4. The maximum absolute atomic E-state index is 11.4. The molecule has 0 aliphatic carbocycles. The summed E-state index contributed by atoms with van der Waals surface area (Å²) in [7, 11) is 0. The summed E-state index contributed by atoms with van der Waals surface area (Å²) < 4.78 is 6.28. The van der Waals surface area contributed by atoms with Crippen LogP contribution in [0, 0.1) is 0 Å². The lowest BCUT2D eigenvalue weighted by molar-refractivity contribution is 0.0697. The van der Waals surface area contributed by atoms with Gasteiger partial charge in [-0.2, -0.15) is 0 Å². The van der Waals surface area contributed by atoms with Gasteiger partial charge in [0.15, 0.2) is 5.11 Å². The molecule has 1 aliphatic rings. The molecule has 5 rings (SSSR count). The van der Waals surface area contributed by atoms with Crippen molar-refractivity contribution in [2.24, 2.45) is 0 Å². The molecule has 3 heterocycles. The maximum atomic E-state index is 11.4. The van der Waals surface area contributed by atoms with Crippen LogP contribution in [-0.2, 0) is 0 Å². The lowest BCUT2D eigenvalue weighted by atomic mass is 10.0. The van der Waals surface area contributed by atoms with Crippen LogP contribution in [0.4, 0.5) is 5.69 Å². The molecule has 1 aliphatic heterocycles. The number of thiocarbonyl (C=S) groups is 1. The van der Waals surface area contributed by atoms with E-state index >= 15 is 0 Å². The Hall–Kier alpha value is -3.68. The molecule has 2 N–H and O–H groups in total. The number of aromatic carboxylic acids is 1. The molecule has 4 aromatic rings. The van der Waals surface area contributed by atoms with E-state index in [9.17, 15) is 9.90 Å². The minimum Gasteiger partial charge on any atom is -0.478 e. The van der Waals surface area contributed by atoms with E-state index in [1.165, 1.54) is 0 Å². The molecule has 0 spiro atoms. The SMILES string of the molecule is O=C(O)c1cccc(-c2ccc([C@H]3[C@@H](c4ccccn4)NC(=S)N3c3ccc(Cl)cc3)o2)c1. The van der Waals surface area contributed by atoms with E-state index in [-0.39, 0.29) is 17.6 Å².